The number of rotatable bonds is 3. The van der Waals surface area contributed by atoms with E-state index in [2.05, 4.69) is 22.0 Å². The first-order valence-electron chi connectivity index (χ1n) is 4.39. The average Bonchev–Trinajstić information content (AvgIpc) is 2.15. The third kappa shape index (κ3) is 2.49. The monoisotopic (exact) mass is 253 g/mol. The lowest BCUT2D eigenvalue weighted by molar-refractivity contribution is 0.409. The Balaban J connectivity index is 3.06. The number of hydrogen-bond donors (Lipinski definition) is 0. The van der Waals surface area contributed by atoms with E-state index in [4.69, 9.17) is 10.00 Å². The van der Waals surface area contributed by atoms with Gasteiger partial charge in [0.15, 0.2) is 0 Å². The highest BCUT2D eigenvalue weighted by Crippen LogP contribution is 2.29. The Bertz CT molecular complexity index is 368. The van der Waals surface area contributed by atoms with E-state index in [9.17, 15) is 0 Å². The van der Waals surface area contributed by atoms with Gasteiger partial charge in [-0.15, -0.1) is 0 Å². The second kappa shape index (κ2) is 5.02. The molecule has 0 amide bonds. The topological polar surface area (TPSA) is 33.0 Å². The molecule has 0 heterocycles. The van der Waals surface area contributed by atoms with Crippen molar-refractivity contribution in [2.45, 2.75) is 19.8 Å². The van der Waals surface area contributed by atoms with Gasteiger partial charge in [-0.25, -0.2) is 0 Å². The van der Waals surface area contributed by atoms with Crippen LogP contribution in [0.1, 0.15) is 17.5 Å². The van der Waals surface area contributed by atoms with Crippen molar-refractivity contribution in [3.63, 3.8) is 0 Å². The Kier molecular flexibility index (Phi) is 3.97. The van der Waals surface area contributed by atoms with Gasteiger partial charge in [0.2, 0.25) is 0 Å². The van der Waals surface area contributed by atoms with Gasteiger partial charge in [0.1, 0.15) is 5.75 Å². The second-order valence-corrected chi connectivity index (χ2v) is 3.94. The molecule has 14 heavy (non-hydrogen) atoms. The Hall–Kier alpha value is -1.01. The Morgan fingerprint density at radius 2 is 2.21 bits per heavy atom. The smallest absolute Gasteiger partial charge is 0.123 e. The summed E-state index contributed by atoms with van der Waals surface area (Å²) in [6.07, 6.45) is 1.23. The van der Waals surface area contributed by atoms with E-state index in [1.54, 1.807) is 7.11 Å². The van der Waals surface area contributed by atoms with Gasteiger partial charge in [0.05, 0.1) is 13.2 Å². The van der Waals surface area contributed by atoms with Crippen molar-refractivity contribution >= 4 is 15.9 Å². The summed E-state index contributed by atoms with van der Waals surface area (Å²) in [5.74, 6) is 0.854. The number of ether oxygens (including phenoxy) is 1. The molecule has 0 aliphatic carbocycles. The van der Waals surface area contributed by atoms with Crippen molar-refractivity contribution in [2.75, 3.05) is 7.11 Å². The molecule has 0 atom stereocenters. The summed E-state index contributed by atoms with van der Waals surface area (Å²) >= 11 is 3.48. The van der Waals surface area contributed by atoms with E-state index in [1.165, 1.54) is 0 Å². The molecule has 0 bridgehead atoms. The van der Waals surface area contributed by atoms with Gasteiger partial charge in [-0.3, -0.25) is 0 Å². The van der Waals surface area contributed by atoms with Crippen LogP contribution in [0.25, 0.3) is 0 Å². The largest absolute Gasteiger partial charge is 0.496 e. The Labute approximate surface area is 92.6 Å². The highest BCUT2D eigenvalue weighted by atomic mass is 79.9. The lowest BCUT2D eigenvalue weighted by atomic mass is 10.1. The third-order valence-electron chi connectivity index (χ3n) is 2.01. The Morgan fingerprint density at radius 1 is 1.50 bits per heavy atom. The third-order valence-corrected chi connectivity index (χ3v) is 2.71. The summed E-state index contributed by atoms with van der Waals surface area (Å²) in [5.41, 5.74) is 2.22. The molecule has 74 valence electrons. The highest BCUT2D eigenvalue weighted by molar-refractivity contribution is 9.10. The molecule has 1 aromatic rings. The predicted octanol–water partition coefficient (Wildman–Crippen LogP) is 3.22. The van der Waals surface area contributed by atoms with Gasteiger partial charge in [0, 0.05) is 16.5 Å². The highest BCUT2D eigenvalue weighted by Gasteiger charge is 2.07. The minimum atomic E-state index is 0.512. The molecule has 0 aliphatic heterocycles. The molecule has 1 aromatic carbocycles. The lowest BCUT2D eigenvalue weighted by Crippen LogP contribution is -1.94. The molecule has 0 unspecified atom stereocenters. The molecule has 0 saturated carbocycles. The van der Waals surface area contributed by atoms with Crippen LogP contribution in [0.5, 0.6) is 5.75 Å². The van der Waals surface area contributed by atoms with Crippen LogP contribution < -0.4 is 4.74 Å². The minimum Gasteiger partial charge on any atom is -0.496 e. The first-order chi connectivity index (χ1) is 6.69. The maximum absolute atomic E-state index is 8.53. The van der Waals surface area contributed by atoms with Crippen molar-refractivity contribution in [2.24, 2.45) is 0 Å². The fraction of sp³-hybridized carbons (Fsp3) is 0.364. The normalized spacial score (nSPS) is 9.57. The van der Waals surface area contributed by atoms with Crippen molar-refractivity contribution in [1.29, 1.82) is 5.26 Å². The number of hydrogen-bond acceptors (Lipinski definition) is 2. The predicted molar refractivity (Wildman–Crippen MR) is 59.4 cm³/mol. The van der Waals surface area contributed by atoms with Crippen LogP contribution in [-0.2, 0) is 6.42 Å². The van der Waals surface area contributed by atoms with Crippen molar-refractivity contribution < 1.29 is 4.74 Å². The van der Waals surface area contributed by atoms with E-state index < -0.39 is 0 Å². The van der Waals surface area contributed by atoms with Crippen molar-refractivity contribution in [3.8, 4) is 11.8 Å². The fourth-order valence-electron chi connectivity index (χ4n) is 1.35. The molecule has 3 heteroatoms. The molecule has 0 aliphatic rings. The number of nitrogens with zero attached hydrogens (tertiary/aromatic N) is 1. The molecule has 0 N–H and O–H groups in total. The molecular weight excluding hydrogens is 242 g/mol. The second-order valence-electron chi connectivity index (χ2n) is 3.09. The van der Waals surface area contributed by atoms with Gasteiger partial charge in [-0.2, -0.15) is 5.26 Å². The number of aryl methyl sites for hydroxylation is 1. The van der Waals surface area contributed by atoms with E-state index >= 15 is 0 Å². The van der Waals surface area contributed by atoms with Crippen LogP contribution in [0.4, 0.5) is 0 Å². The van der Waals surface area contributed by atoms with Gasteiger partial charge >= 0.3 is 0 Å². The first-order valence-corrected chi connectivity index (χ1v) is 5.18. The number of benzene rings is 1. The van der Waals surface area contributed by atoms with E-state index in [0.29, 0.717) is 6.42 Å². The minimum absolute atomic E-state index is 0.512. The maximum atomic E-state index is 8.53. The van der Waals surface area contributed by atoms with Crippen molar-refractivity contribution in [1.82, 2.24) is 0 Å². The van der Waals surface area contributed by atoms with Gasteiger partial charge < -0.3 is 4.74 Å². The van der Waals surface area contributed by atoms with E-state index in [-0.39, 0.29) is 0 Å². The molecular formula is C11H12BrNO. The maximum Gasteiger partial charge on any atom is 0.123 e. The van der Waals surface area contributed by atoms with Crippen LogP contribution in [0.3, 0.4) is 0 Å². The van der Waals surface area contributed by atoms with Crippen molar-refractivity contribution in [3.05, 3.63) is 27.7 Å². The summed E-state index contributed by atoms with van der Waals surface area (Å²) in [6.45, 7) is 2.02. The summed E-state index contributed by atoms with van der Waals surface area (Å²) in [7, 11) is 1.65. The average molecular weight is 254 g/mol. The van der Waals surface area contributed by atoms with Gasteiger partial charge in [0.25, 0.3) is 0 Å². The molecule has 0 aromatic heterocycles. The molecule has 1 rings (SSSR count). The SMILES string of the molecule is COc1cc(C)cc(Br)c1CCC#N. The summed E-state index contributed by atoms with van der Waals surface area (Å²) in [4.78, 5) is 0. The number of nitriles is 1. The molecule has 0 saturated heterocycles. The van der Waals surface area contributed by atoms with Crippen LogP contribution in [0, 0.1) is 18.3 Å². The molecule has 0 fully saturated rings. The van der Waals surface area contributed by atoms with Gasteiger partial charge in [-0.05, 0) is 31.0 Å². The zero-order valence-electron chi connectivity index (χ0n) is 8.30. The fourth-order valence-corrected chi connectivity index (χ4v) is 2.10. The quantitative estimate of drug-likeness (QED) is 0.829. The standard InChI is InChI=1S/C11H12BrNO/c1-8-6-10(12)9(4-3-5-13)11(7-8)14-2/h6-7H,3-4H2,1-2H3. The summed E-state index contributed by atoms with van der Waals surface area (Å²) < 4.78 is 6.28. The summed E-state index contributed by atoms with van der Waals surface area (Å²) in [5, 5.41) is 8.53. The Morgan fingerprint density at radius 3 is 2.79 bits per heavy atom. The zero-order valence-corrected chi connectivity index (χ0v) is 9.89. The lowest BCUT2D eigenvalue weighted by Gasteiger charge is -2.10. The van der Waals surface area contributed by atoms with Gasteiger partial charge in [-0.1, -0.05) is 15.9 Å². The molecule has 0 spiro atoms. The number of methoxy groups -OCH3 is 1. The van der Waals surface area contributed by atoms with Crippen LogP contribution in [0.15, 0.2) is 16.6 Å². The van der Waals surface area contributed by atoms with E-state index in [1.807, 2.05) is 19.1 Å². The van der Waals surface area contributed by atoms with Crippen LogP contribution in [0.2, 0.25) is 0 Å². The first kappa shape index (κ1) is 11.1. The van der Waals surface area contributed by atoms with Crippen LogP contribution >= 0.6 is 15.9 Å². The molecule has 0 radical (unpaired) electrons. The zero-order chi connectivity index (χ0) is 10.6. The van der Waals surface area contributed by atoms with Crippen LogP contribution in [-0.4, -0.2) is 7.11 Å². The summed E-state index contributed by atoms with van der Waals surface area (Å²) in [6, 6.07) is 6.15. The number of halogens is 1. The van der Waals surface area contributed by atoms with E-state index in [0.717, 1.165) is 27.8 Å². The molecule has 2 nitrogen and oxygen atoms in total.